The highest BCUT2D eigenvalue weighted by Gasteiger charge is 2.25. The zero-order chi connectivity index (χ0) is 22.1. The zero-order valence-corrected chi connectivity index (χ0v) is 18.9. The summed E-state index contributed by atoms with van der Waals surface area (Å²) in [5.74, 6) is 1.89. The number of hydrogen-bond acceptors (Lipinski definition) is 3. The summed E-state index contributed by atoms with van der Waals surface area (Å²) in [6.07, 6.45) is 9.46. The Morgan fingerprint density at radius 3 is 2.62 bits per heavy atom. The highest BCUT2D eigenvalue weighted by molar-refractivity contribution is 6.31. The molecule has 2 aromatic carbocycles. The first-order valence-corrected chi connectivity index (χ1v) is 11.8. The molecule has 32 heavy (non-hydrogen) atoms. The largest absolute Gasteiger partial charge is 0.367 e. The van der Waals surface area contributed by atoms with E-state index in [4.69, 9.17) is 11.6 Å². The molecule has 1 fully saturated rings. The van der Waals surface area contributed by atoms with Crippen LogP contribution in [0.5, 0.6) is 0 Å². The van der Waals surface area contributed by atoms with Gasteiger partial charge < -0.3 is 5.32 Å². The first kappa shape index (κ1) is 21.1. The number of aromatic nitrogens is 2. The van der Waals surface area contributed by atoms with Gasteiger partial charge in [-0.3, -0.25) is 4.98 Å². The van der Waals surface area contributed by atoms with Gasteiger partial charge >= 0.3 is 0 Å². The van der Waals surface area contributed by atoms with E-state index in [1.807, 2.05) is 36.7 Å². The Kier molecular flexibility index (Phi) is 5.97. The van der Waals surface area contributed by atoms with Crippen LogP contribution in [0.3, 0.4) is 0 Å². The van der Waals surface area contributed by atoms with Crippen molar-refractivity contribution in [3.05, 3.63) is 77.3 Å². The second kappa shape index (κ2) is 9.03. The van der Waals surface area contributed by atoms with Gasteiger partial charge in [0.1, 0.15) is 11.6 Å². The first-order valence-electron chi connectivity index (χ1n) is 11.4. The van der Waals surface area contributed by atoms with Crippen molar-refractivity contribution in [3.8, 4) is 0 Å². The Balaban J connectivity index is 1.23. The Morgan fingerprint density at radius 2 is 1.78 bits per heavy atom. The summed E-state index contributed by atoms with van der Waals surface area (Å²) in [4.78, 5) is 8.98. The van der Waals surface area contributed by atoms with Crippen molar-refractivity contribution in [3.63, 3.8) is 0 Å². The molecule has 1 atom stereocenters. The molecular weight excluding hydrogens is 421 g/mol. The van der Waals surface area contributed by atoms with E-state index in [1.54, 1.807) is 12.1 Å². The van der Waals surface area contributed by atoms with E-state index in [0.717, 1.165) is 51.8 Å². The van der Waals surface area contributed by atoms with E-state index in [0.29, 0.717) is 17.9 Å². The lowest BCUT2D eigenvalue weighted by molar-refractivity contribution is 0.302. The molecule has 1 unspecified atom stereocenters. The number of hydrogen-bond donors (Lipinski definition) is 1. The molecular formula is C27H27ClFN3. The summed E-state index contributed by atoms with van der Waals surface area (Å²) >= 11 is 6.14. The van der Waals surface area contributed by atoms with Gasteiger partial charge in [0, 0.05) is 34.2 Å². The molecule has 164 valence electrons. The predicted octanol–water partition coefficient (Wildman–Crippen LogP) is 7.74. The van der Waals surface area contributed by atoms with E-state index in [-0.39, 0.29) is 5.82 Å². The maximum Gasteiger partial charge on any atom is 0.134 e. The van der Waals surface area contributed by atoms with Gasteiger partial charge in [-0.15, -0.1) is 0 Å². The highest BCUT2D eigenvalue weighted by atomic mass is 35.5. The molecule has 5 rings (SSSR count). The van der Waals surface area contributed by atoms with Gasteiger partial charge in [0.25, 0.3) is 0 Å². The summed E-state index contributed by atoms with van der Waals surface area (Å²) in [5, 5.41) is 7.53. The van der Waals surface area contributed by atoms with Crippen molar-refractivity contribution in [1.82, 2.24) is 9.97 Å². The van der Waals surface area contributed by atoms with Crippen LogP contribution in [-0.2, 0) is 0 Å². The minimum absolute atomic E-state index is 0.190. The third-order valence-corrected chi connectivity index (χ3v) is 7.06. The van der Waals surface area contributed by atoms with E-state index in [1.165, 1.54) is 24.5 Å². The minimum atomic E-state index is -0.190. The van der Waals surface area contributed by atoms with E-state index in [2.05, 4.69) is 28.3 Å². The molecule has 1 aliphatic rings. The third-order valence-electron chi connectivity index (χ3n) is 6.82. The average molecular weight is 448 g/mol. The van der Waals surface area contributed by atoms with Crippen LogP contribution in [0.1, 0.15) is 50.5 Å². The molecule has 0 radical (unpaired) electrons. The highest BCUT2D eigenvalue weighted by Crippen LogP contribution is 2.40. The number of nitrogens with zero attached hydrogens (tertiary/aromatic N) is 2. The first-order chi connectivity index (χ1) is 15.6. The van der Waals surface area contributed by atoms with Gasteiger partial charge in [0.15, 0.2) is 0 Å². The zero-order valence-electron chi connectivity index (χ0n) is 18.2. The molecule has 0 aliphatic heterocycles. The Labute approximate surface area is 193 Å². The molecule has 2 aromatic heterocycles. The molecule has 5 heteroatoms. The van der Waals surface area contributed by atoms with Gasteiger partial charge in [-0.25, -0.2) is 9.37 Å². The summed E-state index contributed by atoms with van der Waals surface area (Å²) in [5.41, 5.74) is 2.13. The second-order valence-corrected chi connectivity index (χ2v) is 9.52. The van der Waals surface area contributed by atoms with Crippen LogP contribution in [0.15, 0.2) is 60.9 Å². The number of anilines is 1. The third kappa shape index (κ3) is 4.42. The number of pyridine rings is 2. The predicted molar refractivity (Wildman–Crippen MR) is 131 cm³/mol. The standard InChI is InChI=1S/C27H27ClFN3/c1-17(32-27-24-8-6-21(28)15-20(24)10-12-31-27)14-18-2-4-19(5-3-18)23-11-13-30-26-9-7-22(29)16-25(23)26/h6-13,15-19H,2-5,14H2,1H3,(H,31,32)/t17?,18-,19+. The van der Waals surface area contributed by atoms with Gasteiger partial charge in [-0.2, -0.15) is 0 Å². The molecule has 1 N–H and O–H groups in total. The van der Waals surface area contributed by atoms with Crippen molar-refractivity contribution >= 4 is 39.1 Å². The quantitative estimate of drug-likeness (QED) is 0.340. The SMILES string of the molecule is CC(C[C@H]1CC[C@@H](c2ccnc3ccc(F)cc32)CC1)Nc1nccc2cc(Cl)ccc12. The van der Waals surface area contributed by atoms with E-state index in [9.17, 15) is 4.39 Å². The van der Waals surface area contributed by atoms with Crippen LogP contribution in [0.2, 0.25) is 5.02 Å². The minimum Gasteiger partial charge on any atom is -0.367 e. The normalized spacial score (nSPS) is 19.8. The lowest BCUT2D eigenvalue weighted by atomic mass is 9.76. The average Bonchev–Trinajstić information content (AvgIpc) is 2.79. The molecule has 0 spiro atoms. The van der Waals surface area contributed by atoms with Crippen molar-refractivity contribution in [2.24, 2.45) is 5.92 Å². The molecule has 1 aliphatic carbocycles. The van der Waals surface area contributed by atoms with Crippen molar-refractivity contribution in [2.45, 2.75) is 51.0 Å². The lowest BCUT2D eigenvalue weighted by Gasteiger charge is -2.31. The van der Waals surface area contributed by atoms with Crippen LogP contribution in [0, 0.1) is 11.7 Å². The monoisotopic (exact) mass is 447 g/mol. The summed E-state index contributed by atoms with van der Waals surface area (Å²) in [7, 11) is 0. The summed E-state index contributed by atoms with van der Waals surface area (Å²) in [6.45, 7) is 2.24. The van der Waals surface area contributed by atoms with Crippen LogP contribution < -0.4 is 5.32 Å². The lowest BCUT2D eigenvalue weighted by Crippen LogP contribution is -2.23. The van der Waals surface area contributed by atoms with Gasteiger partial charge in [0.2, 0.25) is 0 Å². The fourth-order valence-electron chi connectivity index (χ4n) is 5.26. The smallest absolute Gasteiger partial charge is 0.134 e. The molecule has 3 nitrogen and oxygen atoms in total. The van der Waals surface area contributed by atoms with Crippen LogP contribution >= 0.6 is 11.6 Å². The molecule has 1 saturated carbocycles. The Bertz CT molecular complexity index is 1250. The topological polar surface area (TPSA) is 37.8 Å². The number of benzene rings is 2. The molecule has 0 saturated heterocycles. The number of nitrogens with one attached hydrogen (secondary N) is 1. The summed E-state index contributed by atoms with van der Waals surface area (Å²) < 4.78 is 13.8. The van der Waals surface area contributed by atoms with Gasteiger partial charge in [0.05, 0.1) is 5.52 Å². The Morgan fingerprint density at radius 1 is 0.969 bits per heavy atom. The Hall–Kier alpha value is -2.72. The fourth-order valence-corrected chi connectivity index (χ4v) is 5.44. The number of halogens is 2. The van der Waals surface area contributed by atoms with Crippen molar-refractivity contribution in [1.29, 1.82) is 0 Å². The van der Waals surface area contributed by atoms with Crippen LogP contribution in [0.25, 0.3) is 21.7 Å². The van der Waals surface area contributed by atoms with Crippen molar-refractivity contribution in [2.75, 3.05) is 5.32 Å². The molecule has 0 amide bonds. The molecule has 4 aromatic rings. The molecule has 0 bridgehead atoms. The number of fused-ring (bicyclic) bond motifs is 2. The number of rotatable bonds is 5. The van der Waals surface area contributed by atoms with Gasteiger partial charge in [-0.05, 0) is 110 Å². The van der Waals surface area contributed by atoms with Crippen LogP contribution in [0.4, 0.5) is 10.2 Å². The van der Waals surface area contributed by atoms with Crippen LogP contribution in [-0.4, -0.2) is 16.0 Å². The fraction of sp³-hybridized carbons (Fsp3) is 0.333. The second-order valence-electron chi connectivity index (χ2n) is 9.09. The van der Waals surface area contributed by atoms with E-state index >= 15 is 0 Å². The van der Waals surface area contributed by atoms with E-state index < -0.39 is 0 Å². The summed E-state index contributed by atoms with van der Waals surface area (Å²) in [6, 6.07) is 15.2. The van der Waals surface area contributed by atoms with Crippen molar-refractivity contribution < 1.29 is 4.39 Å². The van der Waals surface area contributed by atoms with Gasteiger partial charge in [-0.1, -0.05) is 11.6 Å². The maximum absolute atomic E-state index is 13.8. The maximum atomic E-state index is 13.8. The molecule has 2 heterocycles.